The van der Waals surface area contributed by atoms with Crippen LogP contribution in [0, 0.1) is 0 Å². The number of hydrogen-bond acceptors (Lipinski definition) is 4. The van der Waals surface area contributed by atoms with E-state index in [1.54, 1.807) is 9.80 Å². The van der Waals surface area contributed by atoms with E-state index in [4.69, 9.17) is 4.74 Å². The molecular formula is C17H27N3O4. The lowest BCUT2D eigenvalue weighted by Crippen LogP contribution is -2.51. The van der Waals surface area contributed by atoms with Crippen molar-refractivity contribution in [2.45, 2.75) is 57.0 Å². The molecular weight excluding hydrogens is 310 g/mol. The molecule has 0 N–H and O–H groups in total. The zero-order valence-electron chi connectivity index (χ0n) is 14.6. The van der Waals surface area contributed by atoms with Crippen LogP contribution in [0.3, 0.4) is 0 Å². The van der Waals surface area contributed by atoms with Crippen LogP contribution in [0.15, 0.2) is 0 Å². The third-order valence-electron chi connectivity index (χ3n) is 5.66. The van der Waals surface area contributed by atoms with Crippen LogP contribution in [0.4, 0.5) is 4.79 Å². The second-order valence-electron chi connectivity index (χ2n) is 7.04. The number of fused-ring (bicyclic) bond motifs is 1. The number of likely N-dealkylation sites (tertiary alicyclic amines) is 1. The lowest BCUT2D eigenvalue weighted by Gasteiger charge is -2.35. The Hall–Kier alpha value is -1.63. The number of carbonyl (C=O) groups is 3. The Kier molecular flexibility index (Phi) is 4.80. The number of imide groups is 1. The quantitative estimate of drug-likeness (QED) is 0.707. The second kappa shape index (κ2) is 6.70. The maximum atomic E-state index is 13.1. The first-order valence-electron chi connectivity index (χ1n) is 8.97. The number of hydrogen-bond donors (Lipinski definition) is 0. The lowest BCUT2D eigenvalue weighted by atomic mass is 9.90. The Bertz CT molecular complexity index is 530. The standard InChI is InChI=1S/C17H27N3O4/c1-3-7-17-8-4-9-19(17)16(23)20(15(17)22)13-5-10-18(11-6-13)14(21)12-24-2/h13H,3-12H2,1-2H3/t17-/m0/s1. The van der Waals surface area contributed by atoms with Gasteiger partial charge in [-0.1, -0.05) is 13.3 Å². The lowest BCUT2D eigenvalue weighted by molar-refractivity contribution is -0.138. The van der Waals surface area contributed by atoms with Gasteiger partial charge in [-0.3, -0.25) is 14.5 Å². The van der Waals surface area contributed by atoms with Gasteiger partial charge in [0.05, 0.1) is 0 Å². The zero-order valence-corrected chi connectivity index (χ0v) is 14.6. The molecule has 1 atom stereocenters. The van der Waals surface area contributed by atoms with Crippen molar-refractivity contribution in [3.8, 4) is 0 Å². The Morgan fingerprint density at radius 2 is 1.96 bits per heavy atom. The number of amides is 4. The monoisotopic (exact) mass is 337 g/mol. The molecule has 3 aliphatic rings. The van der Waals surface area contributed by atoms with Gasteiger partial charge in [0.1, 0.15) is 12.1 Å². The first kappa shape index (κ1) is 17.2. The number of methoxy groups -OCH3 is 1. The molecule has 0 aromatic rings. The molecule has 0 unspecified atom stereocenters. The summed E-state index contributed by atoms with van der Waals surface area (Å²) >= 11 is 0. The summed E-state index contributed by atoms with van der Waals surface area (Å²) in [7, 11) is 1.51. The van der Waals surface area contributed by atoms with Crippen LogP contribution < -0.4 is 0 Å². The van der Waals surface area contributed by atoms with Crippen molar-refractivity contribution < 1.29 is 19.1 Å². The van der Waals surface area contributed by atoms with Gasteiger partial charge in [-0.05, 0) is 32.1 Å². The second-order valence-corrected chi connectivity index (χ2v) is 7.04. The summed E-state index contributed by atoms with van der Waals surface area (Å²) < 4.78 is 4.89. The van der Waals surface area contributed by atoms with Gasteiger partial charge in [0, 0.05) is 32.8 Å². The molecule has 0 aromatic heterocycles. The van der Waals surface area contributed by atoms with E-state index in [0.29, 0.717) is 32.5 Å². The summed E-state index contributed by atoms with van der Waals surface area (Å²) in [6.07, 6.45) is 4.65. The summed E-state index contributed by atoms with van der Waals surface area (Å²) in [5.41, 5.74) is -0.588. The summed E-state index contributed by atoms with van der Waals surface area (Å²) in [5, 5.41) is 0. The largest absolute Gasteiger partial charge is 0.375 e. The molecule has 4 amide bonds. The van der Waals surface area contributed by atoms with Gasteiger partial charge in [-0.15, -0.1) is 0 Å². The molecule has 0 radical (unpaired) electrons. The van der Waals surface area contributed by atoms with Gasteiger partial charge in [0.2, 0.25) is 5.91 Å². The Morgan fingerprint density at radius 1 is 1.25 bits per heavy atom. The van der Waals surface area contributed by atoms with Crippen LogP contribution in [0.2, 0.25) is 0 Å². The third-order valence-corrected chi connectivity index (χ3v) is 5.66. The van der Waals surface area contributed by atoms with E-state index in [2.05, 4.69) is 6.92 Å². The van der Waals surface area contributed by atoms with Crippen LogP contribution in [-0.4, -0.2) is 77.5 Å². The minimum atomic E-state index is -0.588. The number of rotatable bonds is 5. The van der Waals surface area contributed by atoms with Crippen molar-refractivity contribution in [1.29, 1.82) is 0 Å². The predicted molar refractivity (Wildman–Crippen MR) is 87.3 cm³/mol. The first-order valence-corrected chi connectivity index (χ1v) is 8.97. The molecule has 134 valence electrons. The van der Waals surface area contributed by atoms with Crippen LogP contribution in [0.1, 0.15) is 45.4 Å². The molecule has 3 rings (SSSR count). The van der Waals surface area contributed by atoms with Gasteiger partial charge in [0.15, 0.2) is 0 Å². The maximum absolute atomic E-state index is 13.1. The highest BCUT2D eigenvalue weighted by Crippen LogP contribution is 2.42. The van der Waals surface area contributed by atoms with Crippen LogP contribution in [-0.2, 0) is 14.3 Å². The fraction of sp³-hybridized carbons (Fsp3) is 0.824. The molecule has 3 fully saturated rings. The molecule has 3 heterocycles. The Labute approximate surface area is 142 Å². The van der Waals surface area contributed by atoms with Crippen molar-refractivity contribution in [3.63, 3.8) is 0 Å². The van der Waals surface area contributed by atoms with E-state index in [1.807, 2.05) is 0 Å². The average Bonchev–Trinajstić information content (AvgIpc) is 3.08. The third kappa shape index (κ3) is 2.59. The summed E-state index contributed by atoms with van der Waals surface area (Å²) in [4.78, 5) is 42.9. The molecule has 0 aliphatic carbocycles. The summed E-state index contributed by atoms with van der Waals surface area (Å²) in [5.74, 6) is -0.0355. The molecule has 24 heavy (non-hydrogen) atoms. The number of urea groups is 1. The van der Waals surface area contributed by atoms with Gasteiger partial charge in [0.25, 0.3) is 5.91 Å². The van der Waals surface area contributed by atoms with Gasteiger partial charge in [-0.2, -0.15) is 0 Å². The Morgan fingerprint density at radius 3 is 2.58 bits per heavy atom. The van der Waals surface area contributed by atoms with Crippen LogP contribution in [0.5, 0.6) is 0 Å². The highest BCUT2D eigenvalue weighted by molar-refractivity contribution is 6.07. The molecule has 7 heteroatoms. The predicted octanol–water partition coefficient (Wildman–Crippen LogP) is 1.22. The fourth-order valence-electron chi connectivity index (χ4n) is 4.51. The van der Waals surface area contributed by atoms with Crippen LogP contribution in [0.25, 0.3) is 0 Å². The molecule has 7 nitrogen and oxygen atoms in total. The molecule has 3 aliphatic heterocycles. The number of carbonyl (C=O) groups excluding carboxylic acids is 3. The number of piperidine rings is 1. The smallest absolute Gasteiger partial charge is 0.327 e. The van der Waals surface area contributed by atoms with E-state index in [-0.39, 0.29) is 30.5 Å². The van der Waals surface area contributed by atoms with Gasteiger partial charge < -0.3 is 14.5 Å². The fourth-order valence-corrected chi connectivity index (χ4v) is 4.51. The summed E-state index contributed by atoms with van der Waals surface area (Å²) in [6, 6.07) is -0.205. The topological polar surface area (TPSA) is 70.2 Å². The van der Waals surface area contributed by atoms with Crippen molar-refractivity contribution in [2.24, 2.45) is 0 Å². The molecule has 0 saturated carbocycles. The normalized spacial score (nSPS) is 28.0. The molecule has 0 spiro atoms. The van der Waals surface area contributed by atoms with Gasteiger partial charge >= 0.3 is 6.03 Å². The van der Waals surface area contributed by atoms with Crippen molar-refractivity contribution in [2.75, 3.05) is 33.4 Å². The minimum absolute atomic E-state index is 0.00600. The van der Waals surface area contributed by atoms with E-state index >= 15 is 0 Å². The SMILES string of the molecule is CCC[C@@]12CCCN1C(=O)N(C1CCN(C(=O)COC)CC1)C2=O. The zero-order chi connectivity index (χ0) is 17.3. The summed E-state index contributed by atoms with van der Waals surface area (Å²) in [6.45, 7) is 3.98. The van der Waals surface area contributed by atoms with E-state index < -0.39 is 5.54 Å². The maximum Gasteiger partial charge on any atom is 0.327 e. The molecule has 0 bridgehead atoms. The van der Waals surface area contributed by atoms with Crippen molar-refractivity contribution in [3.05, 3.63) is 0 Å². The number of nitrogens with zero attached hydrogens (tertiary/aromatic N) is 3. The van der Waals surface area contributed by atoms with Crippen molar-refractivity contribution in [1.82, 2.24) is 14.7 Å². The highest BCUT2D eigenvalue weighted by atomic mass is 16.5. The van der Waals surface area contributed by atoms with Gasteiger partial charge in [-0.25, -0.2) is 4.79 Å². The van der Waals surface area contributed by atoms with Crippen LogP contribution >= 0.6 is 0 Å². The highest BCUT2D eigenvalue weighted by Gasteiger charge is 2.60. The number of ether oxygens (including phenoxy) is 1. The molecule has 0 aromatic carbocycles. The van der Waals surface area contributed by atoms with E-state index in [0.717, 1.165) is 25.7 Å². The minimum Gasteiger partial charge on any atom is -0.375 e. The van der Waals surface area contributed by atoms with Crippen molar-refractivity contribution >= 4 is 17.8 Å². The van der Waals surface area contributed by atoms with E-state index in [9.17, 15) is 14.4 Å². The molecule has 3 saturated heterocycles. The first-order chi connectivity index (χ1) is 11.5. The Balaban J connectivity index is 1.69. The van der Waals surface area contributed by atoms with E-state index in [1.165, 1.54) is 12.0 Å². The average molecular weight is 337 g/mol.